The molecule has 7 heteroatoms. The lowest BCUT2D eigenvalue weighted by Gasteiger charge is -2.12. The van der Waals surface area contributed by atoms with E-state index in [9.17, 15) is 18.0 Å². The molecule has 0 fully saturated rings. The van der Waals surface area contributed by atoms with Gasteiger partial charge in [0.1, 0.15) is 0 Å². The Morgan fingerprint density at radius 2 is 1.87 bits per heavy atom. The Balaban J connectivity index is 3.49. The van der Waals surface area contributed by atoms with E-state index in [4.69, 9.17) is 11.5 Å². The molecule has 82 valence electrons. The molecule has 0 saturated heterocycles. The van der Waals surface area contributed by atoms with Crippen molar-refractivity contribution < 1.29 is 18.0 Å². The molecule has 0 bridgehead atoms. The van der Waals surface area contributed by atoms with Crippen molar-refractivity contribution in [3.63, 3.8) is 0 Å². The van der Waals surface area contributed by atoms with E-state index in [1.807, 2.05) is 0 Å². The summed E-state index contributed by atoms with van der Waals surface area (Å²) in [5.74, 6) is -1.17. The standard InChI is InChI=1S/C8H6BrF3N2O/c9-5-2-4(8(10,11)12)3(7(14)15)1-6(5)13/h1-2H,13H2,(H2,14,15). The van der Waals surface area contributed by atoms with Crippen LogP contribution in [0.4, 0.5) is 18.9 Å². The van der Waals surface area contributed by atoms with Gasteiger partial charge in [-0.25, -0.2) is 0 Å². The van der Waals surface area contributed by atoms with Crippen LogP contribution in [-0.4, -0.2) is 5.91 Å². The summed E-state index contributed by atoms with van der Waals surface area (Å²) in [6.07, 6.45) is -4.64. The van der Waals surface area contributed by atoms with Crippen molar-refractivity contribution in [1.29, 1.82) is 0 Å². The Kier molecular flexibility index (Phi) is 2.94. The number of amides is 1. The van der Waals surface area contributed by atoms with Gasteiger partial charge in [0.2, 0.25) is 5.91 Å². The maximum Gasteiger partial charge on any atom is 0.417 e. The van der Waals surface area contributed by atoms with Crippen molar-refractivity contribution in [2.75, 3.05) is 5.73 Å². The van der Waals surface area contributed by atoms with Crippen molar-refractivity contribution >= 4 is 27.5 Å². The molecule has 0 unspecified atom stereocenters. The predicted molar refractivity (Wildman–Crippen MR) is 52.1 cm³/mol. The van der Waals surface area contributed by atoms with Gasteiger partial charge in [0.05, 0.1) is 11.1 Å². The van der Waals surface area contributed by atoms with Crippen LogP contribution in [0, 0.1) is 0 Å². The second-order valence-electron chi connectivity index (χ2n) is 2.78. The molecule has 0 aliphatic heterocycles. The molecule has 3 nitrogen and oxygen atoms in total. The highest BCUT2D eigenvalue weighted by Gasteiger charge is 2.35. The number of nitrogen functional groups attached to an aromatic ring is 1. The van der Waals surface area contributed by atoms with Gasteiger partial charge < -0.3 is 11.5 Å². The topological polar surface area (TPSA) is 69.1 Å². The first-order valence-electron chi connectivity index (χ1n) is 3.69. The zero-order valence-electron chi connectivity index (χ0n) is 7.23. The summed E-state index contributed by atoms with van der Waals surface area (Å²) in [4.78, 5) is 10.8. The zero-order valence-corrected chi connectivity index (χ0v) is 8.82. The maximum atomic E-state index is 12.5. The Hall–Kier alpha value is -1.24. The number of hydrogen-bond donors (Lipinski definition) is 2. The fourth-order valence-corrected chi connectivity index (χ4v) is 1.37. The van der Waals surface area contributed by atoms with Gasteiger partial charge in [-0.1, -0.05) is 0 Å². The molecule has 1 amide bonds. The Labute approximate surface area is 91.4 Å². The van der Waals surface area contributed by atoms with Crippen LogP contribution in [-0.2, 0) is 6.18 Å². The highest BCUT2D eigenvalue weighted by atomic mass is 79.9. The summed E-state index contributed by atoms with van der Waals surface area (Å²) >= 11 is 2.84. The molecule has 0 spiro atoms. The number of carbonyl (C=O) groups excluding carboxylic acids is 1. The lowest BCUT2D eigenvalue weighted by Crippen LogP contribution is -2.19. The number of alkyl halides is 3. The smallest absolute Gasteiger partial charge is 0.398 e. The first-order valence-corrected chi connectivity index (χ1v) is 4.49. The highest BCUT2D eigenvalue weighted by molar-refractivity contribution is 9.10. The average molecular weight is 283 g/mol. The summed E-state index contributed by atoms with van der Waals surface area (Å²) < 4.78 is 37.4. The quantitative estimate of drug-likeness (QED) is 0.775. The Morgan fingerprint density at radius 3 is 2.27 bits per heavy atom. The lowest BCUT2D eigenvalue weighted by molar-refractivity contribution is -0.137. The largest absolute Gasteiger partial charge is 0.417 e. The summed E-state index contributed by atoms with van der Waals surface area (Å²) in [6.45, 7) is 0. The molecule has 0 aliphatic rings. The van der Waals surface area contributed by atoms with Gasteiger partial charge in [-0.05, 0) is 28.1 Å². The van der Waals surface area contributed by atoms with Crippen molar-refractivity contribution in [3.8, 4) is 0 Å². The van der Waals surface area contributed by atoms with Crippen LogP contribution >= 0.6 is 15.9 Å². The lowest BCUT2D eigenvalue weighted by atomic mass is 10.1. The molecule has 0 saturated carbocycles. The van der Waals surface area contributed by atoms with E-state index >= 15 is 0 Å². The van der Waals surface area contributed by atoms with Gasteiger partial charge in [-0.3, -0.25) is 4.79 Å². The van der Waals surface area contributed by atoms with Crippen molar-refractivity contribution in [3.05, 3.63) is 27.7 Å². The van der Waals surface area contributed by atoms with Crippen molar-refractivity contribution in [1.82, 2.24) is 0 Å². The minimum Gasteiger partial charge on any atom is -0.398 e. The van der Waals surface area contributed by atoms with Gasteiger partial charge in [0, 0.05) is 10.2 Å². The predicted octanol–water partition coefficient (Wildman–Crippen LogP) is 2.15. The van der Waals surface area contributed by atoms with Crippen LogP contribution in [0.5, 0.6) is 0 Å². The van der Waals surface area contributed by atoms with E-state index in [0.717, 1.165) is 12.1 Å². The molecule has 1 aromatic carbocycles. The second kappa shape index (κ2) is 3.73. The second-order valence-corrected chi connectivity index (χ2v) is 3.64. The van der Waals surface area contributed by atoms with Crippen LogP contribution in [0.25, 0.3) is 0 Å². The molecule has 1 aromatic rings. The molecule has 0 radical (unpaired) electrons. The first-order chi connectivity index (χ1) is 6.73. The van der Waals surface area contributed by atoms with Gasteiger partial charge >= 0.3 is 6.18 Å². The van der Waals surface area contributed by atoms with E-state index in [0.29, 0.717) is 0 Å². The van der Waals surface area contributed by atoms with E-state index in [1.54, 1.807) is 0 Å². The van der Waals surface area contributed by atoms with E-state index in [2.05, 4.69) is 15.9 Å². The van der Waals surface area contributed by atoms with Crippen LogP contribution in [0.3, 0.4) is 0 Å². The normalized spacial score (nSPS) is 11.5. The Morgan fingerprint density at radius 1 is 1.33 bits per heavy atom. The number of benzene rings is 1. The molecule has 0 aromatic heterocycles. The van der Waals surface area contributed by atoms with Crippen LogP contribution < -0.4 is 11.5 Å². The number of carbonyl (C=O) groups is 1. The molecule has 0 atom stereocenters. The molecular formula is C8H6BrF3N2O. The third-order valence-corrected chi connectivity index (χ3v) is 2.39. The fourth-order valence-electron chi connectivity index (χ4n) is 1.03. The van der Waals surface area contributed by atoms with E-state index in [-0.39, 0.29) is 10.2 Å². The molecule has 0 heterocycles. The fraction of sp³-hybridized carbons (Fsp3) is 0.125. The zero-order chi connectivity index (χ0) is 11.8. The molecule has 0 aliphatic carbocycles. The molecule has 1 rings (SSSR count). The summed E-state index contributed by atoms with van der Waals surface area (Å²) in [5.41, 5.74) is 8.46. The third-order valence-electron chi connectivity index (χ3n) is 1.71. The monoisotopic (exact) mass is 282 g/mol. The number of primary amides is 1. The van der Waals surface area contributed by atoms with Gasteiger partial charge in [0.15, 0.2) is 0 Å². The van der Waals surface area contributed by atoms with Crippen LogP contribution in [0.1, 0.15) is 15.9 Å². The summed E-state index contributed by atoms with van der Waals surface area (Å²) in [5, 5.41) is 0. The van der Waals surface area contributed by atoms with E-state index < -0.39 is 23.2 Å². The van der Waals surface area contributed by atoms with Gasteiger partial charge in [0.25, 0.3) is 0 Å². The van der Waals surface area contributed by atoms with Gasteiger partial charge in [-0.2, -0.15) is 13.2 Å². The van der Waals surface area contributed by atoms with Crippen molar-refractivity contribution in [2.24, 2.45) is 5.73 Å². The van der Waals surface area contributed by atoms with Crippen LogP contribution in [0.2, 0.25) is 0 Å². The number of halogens is 4. The third kappa shape index (κ3) is 2.41. The molecular weight excluding hydrogens is 277 g/mol. The number of rotatable bonds is 1. The molecule has 15 heavy (non-hydrogen) atoms. The van der Waals surface area contributed by atoms with E-state index in [1.165, 1.54) is 0 Å². The average Bonchev–Trinajstić information content (AvgIpc) is 2.06. The molecule has 4 N–H and O–H groups in total. The summed E-state index contributed by atoms with van der Waals surface area (Å²) in [7, 11) is 0. The van der Waals surface area contributed by atoms with Gasteiger partial charge in [-0.15, -0.1) is 0 Å². The number of anilines is 1. The summed E-state index contributed by atoms with van der Waals surface area (Å²) in [6, 6.07) is 1.63. The minimum atomic E-state index is -4.64. The number of nitrogens with two attached hydrogens (primary N) is 2. The van der Waals surface area contributed by atoms with Crippen molar-refractivity contribution in [2.45, 2.75) is 6.18 Å². The first kappa shape index (κ1) is 11.8. The Bertz CT molecular complexity index is 417. The maximum absolute atomic E-state index is 12.5. The SMILES string of the molecule is NC(=O)c1cc(N)c(Br)cc1C(F)(F)F. The highest BCUT2D eigenvalue weighted by Crippen LogP contribution is 2.35. The minimum absolute atomic E-state index is 0.0248. The number of hydrogen-bond acceptors (Lipinski definition) is 2. The van der Waals surface area contributed by atoms with Crippen LogP contribution in [0.15, 0.2) is 16.6 Å².